The number of hydrogen-bond donors (Lipinski definition) is 0. The van der Waals surface area contributed by atoms with Gasteiger partial charge in [0.15, 0.2) is 0 Å². The number of piperazine rings is 1. The maximum Gasteiger partial charge on any atom is 0.208 e. The molecule has 0 saturated carbocycles. The van der Waals surface area contributed by atoms with Crippen LogP contribution >= 0.6 is 0 Å². The van der Waals surface area contributed by atoms with Gasteiger partial charge >= 0.3 is 0 Å². The Labute approximate surface area is 137 Å². The van der Waals surface area contributed by atoms with Crippen molar-refractivity contribution in [3.8, 4) is 0 Å². The first-order valence-electron chi connectivity index (χ1n) is 8.24. The van der Waals surface area contributed by atoms with E-state index in [9.17, 15) is 0 Å². The van der Waals surface area contributed by atoms with Gasteiger partial charge in [-0.1, -0.05) is 0 Å². The lowest BCUT2D eigenvalue weighted by molar-refractivity contribution is 0.0617. The standard InChI is InChI=1S/C17H26N4O2/c1-11-8-20(9-16-18-12(2)14(4)22-16)6-7-21(11)10-17-19-13(3)15(5)23-17/h11H,6-10H2,1-5H3/t11-/m1/s1. The summed E-state index contributed by atoms with van der Waals surface area (Å²) in [6.45, 7) is 14.7. The second-order valence-electron chi connectivity index (χ2n) is 6.55. The lowest BCUT2D eigenvalue weighted by atomic mass is 10.2. The Hall–Kier alpha value is -1.66. The van der Waals surface area contributed by atoms with E-state index in [1.54, 1.807) is 0 Å². The number of rotatable bonds is 4. The molecule has 0 spiro atoms. The van der Waals surface area contributed by atoms with Crippen molar-refractivity contribution in [2.75, 3.05) is 19.6 Å². The SMILES string of the molecule is Cc1nc(CN2CCN(Cc3nc(C)c(C)o3)[C@H](C)C2)oc1C. The maximum absolute atomic E-state index is 5.71. The van der Waals surface area contributed by atoms with Crippen molar-refractivity contribution < 1.29 is 8.83 Å². The monoisotopic (exact) mass is 318 g/mol. The number of oxazole rings is 2. The van der Waals surface area contributed by atoms with Gasteiger partial charge in [0, 0.05) is 25.7 Å². The van der Waals surface area contributed by atoms with Gasteiger partial charge < -0.3 is 8.83 Å². The van der Waals surface area contributed by atoms with Crippen molar-refractivity contribution in [2.24, 2.45) is 0 Å². The summed E-state index contributed by atoms with van der Waals surface area (Å²) in [4.78, 5) is 13.8. The average Bonchev–Trinajstić information content (AvgIpc) is 2.96. The molecule has 1 saturated heterocycles. The van der Waals surface area contributed by atoms with Crippen LogP contribution < -0.4 is 0 Å². The van der Waals surface area contributed by atoms with E-state index in [0.29, 0.717) is 6.04 Å². The Morgan fingerprint density at radius 1 is 0.913 bits per heavy atom. The van der Waals surface area contributed by atoms with E-state index in [0.717, 1.165) is 67.4 Å². The summed E-state index contributed by atoms with van der Waals surface area (Å²) in [6, 6.07) is 0.452. The van der Waals surface area contributed by atoms with Gasteiger partial charge in [0.2, 0.25) is 11.8 Å². The van der Waals surface area contributed by atoms with Gasteiger partial charge in [-0.25, -0.2) is 9.97 Å². The molecular formula is C17H26N4O2. The minimum atomic E-state index is 0.452. The normalized spacial score (nSPS) is 20.3. The Kier molecular flexibility index (Phi) is 4.55. The minimum Gasteiger partial charge on any atom is -0.444 e. The molecule has 3 rings (SSSR count). The molecule has 1 atom stereocenters. The fraction of sp³-hybridized carbons (Fsp3) is 0.647. The van der Waals surface area contributed by atoms with Gasteiger partial charge in [-0.2, -0.15) is 0 Å². The van der Waals surface area contributed by atoms with Crippen molar-refractivity contribution in [2.45, 2.75) is 53.8 Å². The molecule has 2 aromatic heterocycles. The number of aryl methyl sites for hydroxylation is 4. The summed E-state index contributed by atoms with van der Waals surface area (Å²) < 4.78 is 11.4. The van der Waals surface area contributed by atoms with Gasteiger partial charge in [0.1, 0.15) is 11.5 Å². The first-order chi connectivity index (χ1) is 10.9. The van der Waals surface area contributed by atoms with Crippen LogP contribution in [-0.2, 0) is 13.1 Å². The second-order valence-corrected chi connectivity index (χ2v) is 6.55. The van der Waals surface area contributed by atoms with Crippen molar-refractivity contribution in [3.63, 3.8) is 0 Å². The van der Waals surface area contributed by atoms with E-state index in [2.05, 4.69) is 26.7 Å². The molecule has 6 nitrogen and oxygen atoms in total. The van der Waals surface area contributed by atoms with Crippen LogP contribution in [0.1, 0.15) is 41.6 Å². The van der Waals surface area contributed by atoms with Crippen LogP contribution in [-0.4, -0.2) is 45.4 Å². The molecule has 0 radical (unpaired) electrons. The quantitative estimate of drug-likeness (QED) is 0.863. The van der Waals surface area contributed by atoms with Crippen LogP contribution in [0.2, 0.25) is 0 Å². The van der Waals surface area contributed by atoms with E-state index in [1.165, 1.54) is 0 Å². The first kappa shape index (κ1) is 16.2. The lowest BCUT2D eigenvalue weighted by Gasteiger charge is -2.38. The van der Waals surface area contributed by atoms with Crippen LogP contribution in [0.25, 0.3) is 0 Å². The van der Waals surface area contributed by atoms with Gasteiger partial charge in [-0.05, 0) is 34.6 Å². The van der Waals surface area contributed by atoms with E-state index in [-0.39, 0.29) is 0 Å². The Balaban J connectivity index is 1.56. The van der Waals surface area contributed by atoms with Gasteiger partial charge in [-0.15, -0.1) is 0 Å². The summed E-state index contributed by atoms with van der Waals surface area (Å²) in [5.41, 5.74) is 1.97. The van der Waals surface area contributed by atoms with Crippen molar-refractivity contribution in [3.05, 3.63) is 34.7 Å². The Morgan fingerprint density at radius 2 is 1.48 bits per heavy atom. The van der Waals surface area contributed by atoms with Crippen LogP contribution in [0.4, 0.5) is 0 Å². The molecule has 3 heterocycles. The maximum atomic E-state index is 5.71. The summed E-state index contributed by atoms with van der Waals surface area (Å²) >= 11 is 0. The lowest BCUT2D eigenvalue weighted by Crippen LogP contribution is -2.51. The summed E-state index contributed by atoms with van der Waals surface area (Å²) in [5.74, 6) is 3.47. The third kappa shape index (κ3) is 3.64. The van der Waals surface area contributed by atoms with Crippen molar-refractivity contribution >= 4 is 0 Å². The third-order valence-electron chi connectivity index (χ3n) is 4.69. The third-order valence-corrected chi connectivity index (χ3v) is 4.69. The molecule has 1 fully saturated rings. The van der Waals surface area contributed by atoms with Crippen LogP contribution in [0.5, 0.6) is 0 Å². The Morgan fingerprint density at radius 3 is 1.96 bits per heavy atom. The summed E-state index contributed by atoms with van der Waals surface area (Å²) in [7, 11) is 0. The van der Waals surface area contributed by atoms with E-state index >= 15 is 0 Å². The highest BCUT2D eigenvalue weighted by Gasteiger charge is 2.26. The summed E-state index contributed by atoms with van der Waals surface area (Å²) in [6.07, 6.45) is 0. The van der Waals surface area contributed by atoms with E-state index < -0.39 is 0 Å². The second kappa shape index (κ2) is 6.45. The minimum absolute atomic E-state index is 0.452. The van der Waals surface area contributed by atoms with E-state index in [1.807, 2.05) is 27.7 Å². The molecule has 0 amide bonds. The van der Waals surface area contributed by atoms with Crippen molar-refractivity contribution in [1.29, 1.82) is 0 Å². The fourth-order valence-electron chi connectivity index (χ4n) is 3.03. The van der Waals surface area contributed by atoms with Crippen LogP contribution in [0, 0.1) is 27.7 Å². The largest absolute Gasteiger partial charge is 0.444 e. The number of nitrogens with zero attached hydrogens (tertiary/aromatic N) is 4. The smallest absolute Gasteiger partial charge is 0.208 e. The molecule has 126 valence electrons. The molecule has 1 aliphatic rings. The predicted octanol–water partition coefficient (Wildman–Crippen LogP) is 2.60. The molecule has 0 aliphatic carbocycles. The van der Waals surface area contributed by atoms with Crippen molar-refractivity contribution in [1.82, 2.24) is 19.8 Å². The molecule has 23 heavy (non-hydrogen) atoms. The van der Waals surface area contributed by atoms with Gasteiger partial charge in [0.05, 0.1) is 24.5 Å². The molecule has 6 heteroatoms. The van der Waals surface area contributed by atoms with Crippen LogP contribution in [0.3, 0.4) is 0 Å². The Bertz CT molecular complexity index is 637. The zero-order chi connectivity index (χ0) is 16.6. The zero-order valence-electron chi connectivity index (χ0n) is 14.7. The topological polar surface area (TPSA) is 58.5 Å². The molecule has 2 aromatic rings. The molecule has 1 aliphatic heterocycles. The molecule has 0 aromatic carbocycles. The highest BCUT2D eigenvalue weighted by Crippen LogP contribution is 2.18. The van der Waals surface area contributed by atoms with E-state index in [4.69, 9.17) is 8.83 Å². The number of hydrogen-bond acceptors (Lipinski definition) is 6. The number of aromatic nitrogens is 2. The zero-order valence-corrected chi connectivity index (χ0v) is 14.7. The molecular weight excluding hydrogens is 292 g/mol. The predicted molar refractivity (Wildman–Crippen MR) is 87.1 cm³/mol. The first-order valence-corrected chi connectivity index (χ1v) is 8.24. The molecule has 0 N–H and O–H groups in total. The highest BCUT2D eigenvalue weighted by atomic mass is 16.4. The molecule has 0 bridgehead atoms. The summed E-state index contributed by atoms with van der Waals surface area (Å²) in [5, 5.41) is 0. The fourth-order valence-corrected chi connectivity index (χ4v) is 3.03. The highest BCUT2D eigenvalue weighted by molar-refractivity contribution is 5.06. The molecule has 0 unspecified atom stereocenters. The van der Waals surface area contributed by atoms with Gasteiger partial charge in [-0.3, -0.25) is 9.80 Å². The van der Waals surface area contributed by atoms with Gasteiger partial charge in [0.25, 0.3) is 0 Å². The average molecular weight is 318 g/mol. The van der Waals surface area contributed by atoms with Crippen LogP contribution in [0.15, 0.2) is 8.83 Å².